The van der Waals surface area contributed by atoms with E-state index in [-0.39, 0.29) is 0 Å². The molecule has 3 rings (SSSR count). The molecule has 5 heteroatoms. The number of anilines is 2. The Morgan fingerprint density at radius 3 is 1.23 bits per heavy atom. The molecule has 0 spiro atoms. The molecule has 0 aliphatic carbocycles. The first kappa shape index (κ1) is 19.9. The van der Waals surface area contributed by atoms with Crippen LogP contribution in [0.1, 0.15) is 33.4 Å². The molecule has 0 bridgehead atoms. The Morgan fingerprint density at radius 2 is 0.962 bits per heavy atom. The van der Waals surface area contributed by atoms with Crippen LogP contribution in [0.3, 0.4) is 0 Å². The fourth-order valence-corrected chi connectivity index (χ4v) is 7.46. The molecule has 0 N–H and O–H groups in total. The van der Waals surface area contributed by atoms with Gasteiger partial charge in [-0.25, -0.2) is 0 Å². The van der Waals surface area contributed by atoms with Gasteiger partial charge in [-0.05, 0) is 0 Å². The first-order valence-corrected chi connectivity index (χ1v) is 14.1. The van der Waals surface area contributed by atoms with E-state index in [1.165, 1.54) is 44.8 Å². The average molecular weight is 478 g/mol. The number of aryl methyl sites for hydroxylation is 6. The molecule has 0 amide bonds. The number of benzene rings is 2. The molecule has 2 aromatic carbocycles. The zero-order chi connectivity index (χ0) is 19.2. The van der Waals surface area contributed by atoms with Crippen LogP contribution in [0.2, 0.25) is 0 Å². The van der Waals surface area contributed by atoms with Crippen molar-refractivity contribution in [2.24, 2.45) is 0 Å². The second-order valence-corrected chi connectivity index (χ2v) is 12.9. The molecular formula is C21H26Cl2N2Ru-2. The molecule has 2 aromatic rings. The minimum absolute atomic E-state index is 0.914. The van der Waals surface area contributed by atoms with E-state index in [1.54, 1.807) is 0 Å². The van der Waals surface area contributed by atoms with Crippen molar-refractivity contribution in [1.82, 2.24) is 0 Å². The van der Waals surface area contributed by atoms with Crippen molar-refractivity contribution >= 4 is 35.1 Å². The van der Waals surface area contributed by atoms with Gasteiger partial charge in [-0.15, -0.1) is 0 Å². The number of rotatable bonds is 2. The summed E-state index contributed by atoms with van der Waals surface area (Å²) in [6, 6.07) is 8.96. The van der Waals surface area contributed by atoms with Gasteiger partial charge in [-0.2, -0.15) is 0 Å². The SMILES string of the molecule is Cc1cc(C)c(N2CCN(c3c(C)cc(C)cc3C)[C]2=[Ru-2]([Cl])[Cl])c(C)c1. The standard InChI is InChI=1S/C21H26N2.2ClH.Ru/c1-14-9-16(3)20(17(4)10-14)22-7-8-23(13-22)21-18(5)11-15(2)12-19(21)6;;;/h9-12H,7-8H2,1-6H3;2*1H;/p-2. The van der Waals surface area contributed by atoms with Crippen molar-refractivity contribution in [3.8, 4) is 0 Å². The fourth-order valence-electron chi connectivity index (χ4n) is 4.27. The molecule has 1 aliphatic heterocycles. The van der Waals surface area contributed by atoms with Crippen LogP contribution >= 0.6 is 19.4 Å². The third-order valence-electron chi connectivity index (χ3n) is 4.91. The Hall–Kier alpha value is -0.887. The maximum atomic E-state index is 6.63. The third-order valence-corrected chi connectivity index (χ3v) is 7.85. The zero-order valence-corrected chi connectivity index (χ0v) is 19.5. The van der Waals surface area contributed by atoms with Gasteiger partial charge < -0.3 is 0 Å². The van der Waals surface area contributed by atoms with Gasteiger partial charge in [0.1, 0.15) is 0 Å². The van der Waals surface area contributed by atoms with Gasteiger partial charge >= 0.3 is 171 Å². The van der Waals surface area contributed by atoms with Gasteiger partial charge in [-0.1, -0.05) is 0 Å². The Labute approximate surface area is 170 Å². The van der Waals surface area contributed by atoms with E-state index < -0.39 is 13.5 Å². The van der Waals surface area contributed by atoms with Crippen LogP contribution in [0.15, 0.2) is 24.3 Å². The van der Waals surface area contributed by atoms with Gasteiger partial charge in [0.15, 0.2) is 0 Å². The molecule has 0 atom stereocenters. The summed E-state index contributed by atoms with van der Waals surface area (Å²) in [4.78, 5) is 4.73. The Bertz CT molecular complexity index is 787. The fraction of sp³-hybridized carbons (Fsp3) is 0.381. The summed E-state index contributed by atoms with van der Waals surface area (Å²) in [5.41, 5.74) is 10.2. The first-order valence-electron chi connectivity index (χ1n) is 8.78. The molecular weight excluding hydrogens is 452 g/mol. The minimum atomic E-state index is -2.12. The van der Waals surface area contributed by atoms with Crippen molar-refractivity contribution in [2.45, 2.75) is 41.5 Å². The molecule has 1 fully saturated rings. The first-order chi connectivity index (χ1) is 12.2. The number of halogens is 2. The molecule has 1 saturated heterocycles. The second-order valence-electron chi connectivity index (χ2n) is 7.24. The van der Waals surface area contributed by atoms with E-state index in [0.29, 0.717) is 0 Å². The number of nitrogens with zero attached hydrogens (tertiary/aromatic N) is 2. The summed E-state index contributed by atoms with van der Waals surface area (Å²) >= 11 is -2.12. The van der Waals surface area contributed by atoms with Crippen molar-refractivity contribution < 1.29 is 13.5 Å². The Balaban J connectivity index is 2.13. The summed E-state index contributed by atoms with van der Waals surface area (Å²) < 4.78 is 1.10. The molecule has 1 heterocycles. The van der Waals surface area contributed by atoms with Crippen LogP contribution in [0, 0.1) is 41.5 Å². The van der Waals surface area contributed by atoms with Gasteiger partial charge in [0.05, 0.1) is 0 Å². The van der Waals surface area contributed by atoms with E-state index in [2.05, 4.69) is 75.6 Å². The predicted octanol–water partition coefficient (Wildman–Crippen LogP) is 5.88. The average Bonchev–Trinajstić information content (AvgIpc) is 2.89. The van der Waals surface area contributed by atoms with Crippen LogP contribution in [-0.2, 0) is 13.5 Å². The van der Waals surface area contributed by atoms with E-state index >= 15 is 0 Å². The van der Waals surface area contributed by atoms with E-state index in [4.69, 9.17) is 19.4 Å². The second kappa shape index (κ2) is 7.62. The third kappa shape index (κ3) is 3.59. The quantitative estimate of drug-likeness (QED) is 0.498. The molecule has 0 unspecified atom stereocenters. The monoisotopic (exact) mass is 478 g/mol. The van der Waals surface area contributed by atoms with Crippen LogP contribution < -0.4 is 9.80 Å². The van der Waals surface area contributed by atoms with Gasteiger partial charge in [0, 0.05) is 0 Å². The van der Waals surface area contributed by atoms with Gasteiger partial charge in [0.25, 0.3) is 0 Å². The maximum absolute atomic E-state index is 6.63. The van der Waals surface area contributed by atoms with Crippen LogP contribution in [-0.4, -0.2) is 17.4 Å². The molecule has 144 valence electrons. The van der Waals surface area contributed by atoms with Gasteiger partial charge in [-0.3, -0.25) is 0 Å². The zero-order valence-electron chi connectivity index (χ0n) is 16.2. The van der Waals surface area contributed by atoms with Crippen molar-refractivity contribution in [2.75, 3.05) is 22.9 Å². The summed E-state index contributed by atoms with van der Waals surface area (Å²) in [6.45, 7) is 14.8. The molecule has 2 nitrogen and oxygen atoms in total. The summed E-state index contributed by atoms with van der Waals surface area (Å²) in [7, 11) is 13.3. The summed E-state index contributed by atoms with van der Waals surface area (Å²) in [6.07, 6.45) is 0. The predicted molar refractivity (Wildman–Crippen MR) is 113 cm³/mol. The summed E-state index contributed by atoms with van der Waals surface area (Å²) in [5.74, 6) is 0. The molecule has 26 heavy (non-hydrogen) atoms. The van der Waals surface area contributed by atoms with Crippen LogP contribution in [0.4, 0.5) is 11.4 Å². The molecule has 0 radical (unpaired) electrons. The topological polar surface area (TPSA) is 6.48 Å². The van der Waals surface area contributed by atoms with Crippen molar-refractivity contribution in [1.29, 1.82) is 0 Å². The van der Waals surface area contributed by atoms with Crippen molar-refractivity contribution in [3.63, 3.8) is 0 Å². The normalized spacial score (nSPS) is 15.1. The molecule has 0 aromatic heterocycles. The van der Waals surface area contributed by atoms with E-state index in [0.717, 1.165) is 17.4 Å². The number of hydrogen-bond acceptors (Lipinski definition) is 2. The Morgan fingerprint density at radius 1 is 0.654 bits per heavy atom. The number of hydrogen-bond donors (Lipinski definition) is 0. The van der Waals surface area contributed by atoms with Crippen molar-refractivity contribution in [3.05, 3.63) is 57.6 Å². The van der Waals surface area contributed by atoms with Crippen LogP contribution in [0.25, 0.3) is 0 Å². The molecule has 0 saturated carbocycles. The Kier molecular flexibility index (Phi) is 5.82. The van der Waals surface area contributed by atoms with E-state index in [9.17, 15) is 0 Å². The molecule has 1 aliphatic rings. The van der Waals surface area contributed by atoms with Gasteiger partial charge in [0.2, 0.25) is 0 Å². The van der Waals surface area contributed by atoms with Crippen LogP contribution in [0.5, 0.6) is 0 Å². The van der Waals surface area contributed by atoms with E-state index in [1.807, 2.05) is 0 Å². The summed E-state index contributed by atoms with van der Waals surface area (Å²) in [5, 5.41) is 0.